The predicted octanol–water partition coefficient (Wildman–Crippen LogP) is 6.33. The van der Waals surface area contributed by atoms with Crippen LogP contribution in [0.4, 0.5) is 11.4 Å². The van der Waals surface area contributed by atoms with Gasteiger partial charge in [0.25, 0.3) is 11.8 Å². The summed E-state index contributed by atoms with van der Waals surface area (Å²) >= 11 is 12.6. The molecule has 0 saturated carbocycles. The smallest absolute Gasteiger partial charge is 0.270 e. The lowest BCUT2D eigenvalue weighted by Crippen LogP contribution is -2.27. The monoisotopic (exact) mass is 508 g/mol. The van der Waals surface area contributed by atoms with Crippen LogP contribution in [0.25, 0.3) is 6.08 Å². The highest BCUT2D eigenvalue weighted by Crippen LogP contribution is 2.36. The van der Waals surface area contributed by atoms with Crippen LogP contribution in [-0.4, -0.2) is 22.7 Å². The predicted molar refractivity (Wildman–Crippen MR) is 143 cm³/mol. The van der Waals surface area contributed by atoms with E-state index in [1.807, 2.05) is 43.3 Å². The van der Waals surface area contributed by atoms with Gasteiger partial charge in [0.05, 0.1) is 10.6 Å². The van der Waals surface area contributed by atoms with Gasteiger partial charge in [0.1, 0.15) is 5.75 Å². The summed E-state index contributed by atoms with van der Waals surface area (Å²) in [5.74, 6) is 0.0913. The second kappa shape index (κ2) is 10.9. The summed E-state index contributed by atoms with van der Waals surface area (Å²) in [6.45, 7) is 1.91. The largest absolute Gasteiger partial charge is 0.484 e. The van der Waals surface area contributed by atoms with Crippen LogP contribution < -0.4 is 15.0 Å². The van der Waals surface area contributed by atoms with E-state index >= 15 is 0 Å². The Morgan fingerprint density at radius 3 is 2.65 bits per heavy atom. The van der Waals surface area contributed by atoms with Crippen LogP contribution in [0.5, 0.6) is 5.75 Å². The summed E-state index contributed by atoms with van der Waals surface area (Å²) in [4.78, 5) is 27.3. The Morgan fingerprint density at radius 2 is 1.88 bits per heavy atom. The molecule has 3 aromatic rings. The summed E-state index contributed by atoms with van der Waals surface area (Å²) in [5, 5.41) is 3.48. The molecule has 1 saturated heterocycles. The minimum atomic E-state index is -0.241. The van der Waals surface area contributed by atoms with Crippen LogP contribution in [0.1, 0.15) is 18.1 Å². The quantitative estimate of drug-likeness (QED) is 0.298. The molecule has 5 nitrogen and oxygen atoms in total. The topological polar surface area (TPSA) is 58.6 Å². The van der Waals surface area contributed by atoms with Crippen LogP contribution in [0.15, 0.2) is 77.7 Å². The van der Waals surface area contributed by atoms with Gasteiger partial charge >= 0.3 is 0 Å². The Balaban J connectivity index is 1.42. The standard InChI is InChI=1S/C26H21ClN2O3S2/c1-2-18-7-3-4-9-22(18)28-24(30)16-32-21-8-5-6-17(14-21)15-23-25(31)29(26(33)34-23)20-12-10-19(27)11-13-20/h3-15H,2,16H2,1H3,(H,28,30)/b23-15-. The highest BCUT2D eigenvalue weighted by molar-refractivity contribution is 8.27. The van der Waals surface area contributed by atoms with Crippen molar-refractivity contribution in [2.24, 2.45) is 0 Å². The number of rotatable bonds is 7. The van der Waals surface area contributed by atoms with Crippen molar-refractivity contribution in [3.05, 3.63) is 93.9 Å². The Morgan fingerprint density at radius 1 is 1.12 bits per heavy atom. The molecular formula is C26H21ClN2O3S2. The number of aryl methyl sites for hydroxylation is 1. The number of carbonyl (C=O) groups is 2. The van der Waals surface area contributed by atoms with Gasteiger partial charge in [0, 0.05) is 10.7 Å². The number of thioether (sulfide) groups is 1. The van der Waals surface area contributed by atoms with Gasteiger partial charge in [0.2, 0.25) is 0 Å². The third kappa shape index (κ3) is 5.67. The zero-order valence-electron chi connectivity index (χ0n) is 18.3. The zero-order valence-corrected chi connectivity index (χ0v) is 20.7. The second-order valence-corrected chi connectivity index (χ2v) is 9.53. The molecule has 1 fully saturated rings. The van der Waals surface area contributed by atoms with E-state index in [9.17, 15) is 9.59 Å². The number of nitrogens with zero attached hydrogens (tertiary/aromatic N) is 1. The molecule has 1 aliphatic rings. The van der Waals surface area contributed by atoms with Gasteiger partial charge in [-0.2, -0.15) is 0 Å². The number of amides is 2. The first-order valence-electron chi connectivity index (χ1n) is 10.6. The van der Waals surface area contributed by atoms with Gasteiger partial charge in [-0.25, -0.2) is 0 Å². The number of halogens is 1. The molecule has 1 heterocycles. The summed E-state index contributed by atoms with van der Waals surface area (Å²) in [6, 6.07) is 21.9. The first kappa shape index (κ1) is 24.0. The van der Waals surface area contributed by atoms with Crippen molar-refractivity contribution in [3.63, 3.8) is 0 Å². The number of hydrogen-bond donors (Lipinski definition) is 1. The molecule has 172 valence electrons. The molecule has 1 N–H and O–H groups in total. The number of nitrogens with one attached hydrogen (secondary N) is 1. The van der Waals surface area contributed by atoms with E-state index in [1.54, 1.807) is 42.5 Å². The van der Waals surface area contributed by atoms with E-state index in [4.69, 9.17) is 28.6 Å². The highest BCUT2D eigenvalue weighted by Gasteiger charge is 2.33. The molecule has 0 aliphatic carbocycles. The molecule has 8 heteroatoms. The van der Waals surface area contributed by atoms with Crippen LogP contribution in [0.2, 0.25) is 5.02 Å². The molecule has 3 aromatic carbocycles. The fourth-order valence-electron chi connectivity index (χ4n) is 3.41. The van der Waals surface area contributed by atoms with Crippen molar-refractivity contribution < 1.29 is 14.3 Å². The van der Waals surface area contributed by atoms with E-state index in [0.717, 1.165) is 23.2 Å². The van der Waals surface area contributed by atoms with Crippen LogP contribution >= 0.6 is 35.6 Å². The molecule has 2 amide bonds. The molecule has 0 spiro atoms. The first-order valence-corrected chi connectivity index (χ1v) is 12.2. The number of thiocarbonyl (C=S) groups is 1. The van der Waals surface area contributed by atoms with Crippen molar-refractivity contribution in [3.8, 4) is 5.75 Å². The molecule has 0 aromatic heterocycles. The zero-order chi connectivity index (χ0) is 24.1. The fourth-order valence-corrected chi connectivity index (χ4v) is 4.84. The molecule has 0 unspecified atom stereocenters. The lowest BCUT2D eigenvalue weighted by molar-refractivity contribution is -0.118. The third-order valence-corrected chi connectivity index (χ3v) is 6.63. The minimum Gasteiger partial charge on any atom is -0.484 e. The maximum absolute atomic E-state index is 13.0. The second-order valence-electron chi connectivity index (χ2n) is 7.41. The van der Waals surface area contributed by atoms with E-state index in [0.29, 0.717) is 25.7 Å². The summed E-state index contributed by atoms with van der Waals surface area (Å²) in [5.41, 5.74) is 3.29. The Labute approximate surface area is 212 Å². The number of ether oxygens (including phenoxy) is 1. The van der Waals surface area contributed by atoms with Crippen LogP contribution in [0, 0.1) is 0 Å². The summed E-state index contributed by atoms with van der Waals surface area (Å²) < 4.78 is 6.14. The average molecular weight is 509 g/mol. The maximum atomic E-state index is 13.0. The average Bonchev–Trinajstić information content (AvgIpc) is 3.11. The van der Waals surface area contributed by atoms with Crippen LogP contribution in [-0.2, 0) is 16.0 Å². The van der Waals surface area contributed by atoms with Gasteiger partial charge in [-0.15, -0.1) is 0 Å². The van der Waals surface area contributed by atoms with Crippen molar-refractivity contribution in [2.45, 2.75) is 13.3 Å². The van der Waals surface area contributed by atoms with Gasteiger partial charge in [-0.05, 0) is 66.1 Å². The minimum absolute atomic E-state index is 0.125. The number of benzene rings is 3. The first-order chi connectivity index (χ1) is 16.4. The Kier molecular flexibility index (Phi) is 7.67. The molecule has 0 bridgehead atoms. The van der Waals surface area contributed by atoms with E-state index < -0.39 is 0 Å². The number of carbonyl (C=O) groups excluding carboxylic acids is 2. The maximum Gasteiger partial charge on any atom is 0.270 e. The Bertz CT molecular complexity index is 1280. The van der Waals surface area contributed by atoms with Crippen LogP contribution in [0.3, 0.4) is 0 Å². The number of anilines is 2. The number of para-hydroxylation sites is 1. The highest BCUT2D eigenvalue weighted by atomic mass is 35.5. The van der Waals surface area contributed by atoms with Gasteiger partial charge < -0.3 is 10.1 Å². The SMILES string of the molecule is CCc1ccccc1NC(=O)COc1cccc(/C=C2\SC(=S)N(c3ccc(Cl)cc3)C2=O)c1. The van der Waals surface area contributed by atoms with E-state index in [-0.39, 0.29) is 18.4 Å². The normalized spacial score (nSPS) is 14.5. The summed E-state index contributed by atoms with van der Waals surface area (Å²) in [6.07, 6.45) is 2.59. The van der Waals surface area contributed by atoms with Gasteiger partial charge in [-0.3, -0.25) is 14.5 Å². The molecule has 34 heavy (non-hydrogen) atoms. The fraction of sp³-hybridized carbons (Fsp3) is 0.115. The van der Waals surface area contributed by atoms with Crippen molar-refractivity contribution >= 4 is 69.2 Å². The Hall–Kier alpha value is -3.13. The molecule has 0 radical (unpaired) electrons. The van der Waals surface area contributed by atoms with Crippen molar-refractivity contribution in [1.29, 1.82) is 0 Å². The molecule has 4 rings (SSSR count). The lowest BCUT2D eigenvalue weighted by atomic mass is 10.1. The third-order valence-electron chi connectivity index (χ3n) is 5.08. The van der Waals surface area contributed by atoms with E-state index in [2.05, 4.69) is 5.32 Å². The van der Waals surface area contributed by atoms with Crippen molar-refractivity contribution in [1.82, 2.24) is 0 Å². The molecule has 0 atom stereocenters. The van der Waals surface area contributed by atoms with Crippen molar-refractivity contribution in [2.75, 3.05) is 16.8 Å². The summed E-state index contributed by atoms with van der Waals surface area (Å²) in [7, 11) is 0. The van der Waals surface area contributed by atoms with E-state index in [1.165, 1.54) is 16.7 Å². The van der Waals surface area contributed by atoms with Gasteiger partial charge in [-0.1, -0.05) is 72.8 Å². The lowest BCUT2D eigenvalue weighted by Gasteiger charge is -2.14. The molecular weight excluding hydrogens is 488 g/mol. The van der Waals surface area contributed by atoms with Gasteiger partial charge in [0.15, 0.2) is 10.9 Å². The molecule has 1 aliphatic heterocycles. The number of hydrogen-bond acceptors (Lipinski definition) is 5.